The first-order valence-corrected chi connectivity index (χ1v) is 6.34. The predicted octanol–water partition coefficient (Wildman–Crippen LogP) is 3.13. The molecular formula is C13H9N3O2S. The maximum atomic E-state index is 10.8. The van der Waals surface area contributed by atoms with Gasteiger partial charge in [0.05, 0.1) is 6.20 Å². The summed E-state index contributed by atoms with van der Waals surface area (Å²) in [5, 5.41) is 14.6. The molecule has 0 aliphatic carbocycles. The van der Waals surface area contributed by atoms with E-state index in [1.165, 1.54) is 6.20 Å². The fourth-order valence-electron chi connectivity index (χ4n) is 1.77. The Labute approximate surface area is 112 Å². The smallest absolute Gasteiger partial charge is 0.347 e. The first-order valence-electron chi connectivity index (χ1n) is 5.53. The molecule has 0 fully saturated rings. The number of hydrogen-bond donors (Lipinski definition) is 2. The van der Waals surface area contributed by atoms with Gasteiger partial charge in [-0.15, -0.1) is 0 Å². The molecule has 0 saturated heterocycles. The number of nitrogens with one attached hydrogen (secondary N) is 1. The van der Waals surface area contributed by atoms with Crippen molar-refractivity contribution in [1.82, 2.24) is 9.97 Å². The molecule has 0 aliphatic rings. The molecule has 1 aromatic carbocycles. The summed E-state index contributed by atoms with van der Waals surface area (Å²) in [5.41, 5.74) is 0.858. The summed E-state index contributed by atoms with van der Waals surface area (Å²) in [5.74, 6) is -0.967. The molecule has 5 nitrogen and oxygen atoms in total. The van der Waals surface area contributed by atoms with E-state index in [9.17, 15) is 4.79 Å². The summed E-state index contributed by atoms with van der Waals surface area (Å²) in [7, 11) is 0. The molecule has 0 bridgehead atoms. The van der Waals surface area contributed by atoms with Crippen LogP contribution in [-0.4, -0.2) is 21.0 Å². The van der Waals surface area contributed by atoms with Gasteiger partial charge >= 0.3 is 5.97 Å². The summed E-state index contributed by atoms with van der Waals surface area (Å²) in [4.78, 5) is 19.2. The zero-order valence-corrected chi connectivity index (χ0v) is 10.5. The molecule has 0 unspecified atom stereocenters. The van der Waals surface area contributed by atoms with Crippen LogP contribution in [0.5, 0.6) is 0 Å². The van der Waals surface area contributed by atoms with Gasteiger partial charge in [0.2, 0.25) is 0 Å². The van der Waals surface area contributed by atoms with Gasteiger partial charge in [-0.25, -0.2) is 9.78 Å². The minimum atomic E-state index is -0.967. The van der Waals surface area contributed by atoms with Crippen LogP contribution in [-0.2, 0) is 0 Å². The molecule has 94 valence electrons. The maximum Gasteiger partial charge on any atom is 0.347 e. The van der Waals surface area contributed by atoms with Crippen LogP contribution in [0.25, 0.3) is 10.8 Å². The Morgan fingerprint density at radius 2 is 2.16 bits per heavy atom. The van der Waals surface area contributed by atoms with E-state index in [1.807, 2.05) is 24.3 Å². The monoisotopic (exact) mass is 271 g/mol. The summed E-state index contributed by atoms with van der Waals surface area (Å²) >= 11 is 1.10. The standard InChI is InChI=1S/C13H9N3O2S/c17-12(18)11-7-15-13(19-11)16-10-3-1-2-8-4-5-14-6-9(8)10/h1-7H,(H,15,16)(H,17,18). The molecule has 0 radical (unpaired) electrons. The lowest BCUT2D eigenvalue weighted by atomic mass is 10.1. The molecule has 3 rings (SSSR count). The number of carbonyl (C=O) groups is 1. The molecular weight excluding hydrogens is 262 g/mol. The highest BCUT2D eigenvalue weighted by molar-refractivity contribution is 7.17. The number of pyridine rings is 1. The first-order chi connectivity index (χ1) is 9.24. The lowest BCUT2D eigenvalue weighted by Gasteiger charge is -2.06. The van der Waals surface area contributed by atoms with Crippen LogP contribution >= 0.6 is 11.3 Å². The number of aromatic carboxylic acids is 1. The highest BCUT2D eigenvalue weighted by Gasteiger charge is 2.09. The minimum Gasteiger partial charge on any atom is -0.477 e. The highest BCUT2D eigenvalue weighted by Crippen LogP contribution is 2.27. The first kappa shape index (κ1) is 11.6. The molecule has 0 amide bonds. The zero-order chi connectivity index (χ0) is 13.2. The van der Waals surface area contributed by atoms with Gasteiger partial charge in [-0.1, -0.05) is 23.5 Å². The van der Waals surface area contributed by atoms with Gasteiger partial charge in [-0.05, 0) is 17.5 Å². The van der Waals surface area contributed by atoms with Crippen molar-refractivity contribution in [2.24, 2.45) is 0 Å². The lowest BCUT2D eigenvalue weighted by Crippen LogP contribution is -1.91. The molecule has 2 aromatic heterocycles. The number of rotatable bonds is 3. The number of hydrogen-bond acceptors (Lipinski definition) is 5. The number of carboxylic acids is 1. The van der Waals surface area contributed by atoms with Gasteiger partial charge in [0.1, 0.15) is 4.88 Å². The van der Waals surface area contributed by atoms with E-state index < -0.39 is 5.97 Å². The van der Waals surface area contributed by atoms with E-state index in [4.69, 9.17) is 5.11 Å². The molecule has 2 heterocycles. The third kappa shape index (κ3) is 2.25. The van der Waals surface area contributed by atoms with Crippen LogP contribution in [0, 0.1) is 0 Å². The number of fused-ring (bicyclic) bond motifs is 1. The highest BCUT2D eigenvalue weighted by atomic mass is 32.1. The topological polar surface area (TPSA) is 75.1 Å². The minimum absolute atomic E-state index is 0.209. The average Bonchev–Trinajstić information content (AvgIpc) is 2.88. The van der Waals surface area contributed by atoms with Gasteiger partial charge < -0.3 is 10.4 Å². The van der Waals surface area contributed by atoms with E-state index in [0.29, 0.717) is 5.13 Å². The number of aromatic nitrogens is 2. The summed E-state index contributed by atoms with van der Waals surface area (Å²) in [6, 6.07) is 7.75. The van der Waals surface area contributed by atoms with Gasteiger partial charge in [0.15, 0.2) is 5.13 Å². The second-order valence-corrected chi connectivity index (χ2v) is 4.89. The van der Waals surface area contributed by atoms with Crippen LogP contribution < -0.4 is 5.32 Å². The van der Waals surface area contributed by atoms with Crippen LogP contribution in [0.1, 0.15) is 9.67 Å². The van der Waals surface area contributed by atoms with Crippen LogP contribution in [0.2, 0.25) is 0 Å². The van der Waals surface area contributed by atoms with Crippen molar-refractivity contribution in [2.75, 3.05) is 5.32 Å². The maximum absolute atomic E-state index is 10.8. The molecule has 0 aliphatic heterocycles. The second kappa shape index (κ2) is 4.66. The van der Waals surface area contributed by atoms with E-state index in [2.05, 4.69) is 15.3 Å². The van der Waals surface area contributed by atoms with Crippen molar-refractivity contribution in [3.63, 3.8) is 0 Å². The number of thiazole rings is 1. The molecule has 0 spiro atoms. The van der Waals surface area contributed by atoms with E-state index in [0.717, 1.165) is 27.8 Å². The van der Waals surface area contributed by atoms with Crippen molar-refractivity contribution in [2.45, 2.75) is 0 Å². The molecule has 0 atom stereocenters. The van der Waals surface area contributed by atoms with Crippen molar-refractivity contribution < 1.29 is 9.90 Å². The van der Waals surface area contributed by atoms with Crippen LogP contribution in [0.3, 0.4) is 0 Å². The zero-order valence-electron chi connectivity index (χ0n) is 9.70. The summed E-state index contributed by atoms with van der Waals surface area (Å²) < 4.78 is 0. The third-order valence-corrected chi connectivity index (χ3v) is 3.54. The molecule has 6 heteroatoms. The summed E-state index contributed by atoms with van der Waals surface area (Å²) in [6.07, 6.45) is 4.85. The average molecular weight is 271 g/mol. The Morgan fingerprint density at radius 1 is 1.26 bits per heavy atom. The predicted molar refractivity (Wildman–Crippen MR) is 74.1 cm³/mol. The summed E-state index contributed by atoms with van der Waals surface area (Å²) in [6.45, 7) is 0. The Kier molecular flexibility index (Phi) is 2.85. The van der Waals surface area contributed by atoms with Gasteiger partial charge in [0, 0.05) is 23.5 Å². The molecule has 0 saturated carbocycles. The Hall–Kier alpha value is -2.47. The fourth-order valence-corrected chi connectivity index (χ4v) is 2.44. The van der Waals surface area contributed by atoms with Gasteiger partial charge in [0.25, 0.3) is 0 Å². The van der Waals surface area contributed by atoms with Gasteiger partial charge in [-0.3, -0.25) is 4.98 Å². The number of anilines is 2. The van der Waals surface area contributed by atoms with Crippen molar-refractivity contribution in [3.8, 4) is 0 Å². The number of nitrogens with zero attached hydrogens (tertiary/aromatic N) is 2. The van der Waals surface area contributed by atoms with Crippen LogP contribution in [0.4, 0.5) is 10.8 Å². The Balaban J connectivity index is 1.98. The number of benzene rings is 1. The molecule has 3 aromatic rings. The largest absolute Gasteiger partial charge is 0.477 e. The third-order valence-electron chi connectivity index (χ3n) is 2.64. The van der Waals surface area contributed by atoms with Gasteiger partial charge in [-0.2, -0.15) is 0 Å². The second-order valence-electron chi connectivity index (χ2n) is 3.86. The molecule has 19 heavy (non-hydrogen) atoms. The van der Waals surface area contributed by atoms with Crippen LogP contribution in [0.15, 0.2) is 42.9 Å². The molecule has 2 N–H and O–H groups in total. The Bertz CT molecular complexity index is 749. The van der Waals surface area contributed by atoms with E-state index >= 15 is 0 Å². The quantitative estimate of drug-likeness (QED) is 0.765. The Morgan fingerprint density at radius 3 is 2.95 bits per heavy atom. The lowest BCUT2D eigenvalue weighted by molar-refractivity contribution is 0.0702. The fraction of sp³-hybridized carbons (Fsp3) is 0. The van der Waals surface area contributed by atoms with Crippen molar-refractivity contribution >= 4 is 38.9 Å². The normalized spacial score (nSPS) is 10.5. The van der Waals surface area contributed by atoms with E-state index in [1.54, 1.807) is 12.4 Å². The van der Waals surface area contributed by atoms with Crippen molar-refractivity contribution in [1.29, 1.82) is 0 Å². The van der Waals surface area contributed by atoms with E-state index in [-0.39, 0.29) is 4.88 Å². The SMILES string of the molecule is O=C(O)c1cnc(Nc2cccc3ccncc23)s1. The van der Waals surface area contributed by atoms with Crippen molar-refractivity contribution in [3.05, 3.63) is 47.7 Å². The number of carboxylic acid groups (broad SMARTS) is 1.